The third-order valence-electron chi connectivity index (χ3n) is 3.98. The number of imidazole rings is 1. The first-order valence-electron chi connectivity index (χ1n) is 8.46. The Balaban J connectivity index is 1.63. The first-order valence-corrected chi connectivity index (χ1v) is 9.59. The molecule has 3 heterocycles. The van der Waals surface area contributed by atoms with E-state index in [1.807, 2.05) is 12.5 Å². The van der Waals surface area contributed by atoms with Crippen molar-refractivity contribution in [1.29, 1.82) is 0 Å². The molecule has 4 aromatic rings. The lowest BCUT2D eigenvalue weighted by molar-refractivity contribution is 1.03. The maximum Gasteiger partial charge on any atom is 0.134 e. The molecule has 0 saturated carbocycles. The summed E-state index contributed by atoms with van der Waals surface area (Å²) < 4.78 is 0. The van der Waals surface area contributed by atoms with Crippen LogP contribution in [0.5, 0.6) is 0 Å². The molecule has 0 amide bonds. The van der Waals surface area contributed by atoms with Crippen molar-refractivity contribution in [2.24, 2.45) is 0 Å². The molecule has 0 bridgehead atoms. The SMILES string of the molecule is Clc1ccc(-c2nc([CH]CNc3cc(Cl)ncn3)ncc2-c2cnc[nH]2)c(Cl)c1. The molecule has 3 aromatic heterocycles. The average Bonchev–Trinajstić information content (AvgIpc) is 3.23. The van der Waals surface area contributed by atoms with Crippen LogP contribution in [0.1, 0.15) is 5.82 Å². The summed E-state index contributed by atoms with van der Waals surface area (Å²) in [7, 11) is 0. The van der Waals surface area contributed by atoms with Crippen molar-refractivity contribution in [3.05, 3.63) is 76.8 Å². The van der Waals surface area contributed by atoms with Crippen LogP contribution < -0.4 is 5.32 Å². The maximum absolute atomic E-state index is 6.43. The number of aromatic nitrogens is 6. The van der Waals surface area contributed by atoms with E-state index in [0.717, 1.165) is 16.8 Å². The van der Waals surface area contributed by atoms with E-state index in [4.69, 9.17) is 39.8 Å². The Labute approximate surface area is 181 Å². The smallest absolute Gasteiger partial charge is 0.134 e. The summed E-state index contributed by atoms with van der Waals surface area (Å²) in [5, 5.41) is 4.53. The van der Waals surface area contributed by atoms with Crippen LogP contribution in [0.25, 0.3) is 22.5 Å². The molecule has 0 aliphatic heterocycles. The van der Waals surface area contributed by atoms with Crippen molar-refractivity contribution < 1.29 is 0 Å². The number of halogens is 3. The van der Waals surface area contributed by atoms with Crippen molar-refractivity contribution in [2.75, 3.05) is 11.9 Å². The van der Waals surface area contributed by atoms with E-state index in [0.29, 0.717) is 39.1 Å². The van der Waals surface area contributed by atoms with E-state index < -0.39 is 0 Å². The van der Waals surface area contributed by atoms with Gasteiger partial charge in [-0.05, 0) is 18.2 Å². The van der Waals surface area contributed by atoms with Gasteiger partial charge in [-0.1, -0.05) is 34.8 Å². The van der Waals surface area contributed by atoms with Gasteiger partial charge in [0.25, 0.3) is 0 Å². The lowest BCUT2D eigenvalue weighted by atomic mass is 10.0. The Morgan fingerprint density at radius 2 is 1.90 bits per heavy atom. The summed E-state index contributed by atoms with van der Waals surface area (Å²) in [6, 6.07) is 6.92. The van der Waals surface area contributed by atoms with Crippen molar-refractivity contribution in [1.82, 2.24) is 29.9 Å². The van der Waals surface area contributed by atoms with Crippen LogP contribution in [-0.4, -0.2) is 36.4 Å². The number of aromatic amines is 1. The number of H-pyrrole nitrogens is 1. The van der Waals surface area contributed by atoms with Crippen LogP contribution in [0.15, 0.2) is 49.3 Å². The van der Waals surface area contributed by atoms with E-state index >= 15 is 0 Å². The summed E-state index contributed by atoms with van der Waals surface area (Å²) in [5.41, 5.74) is 2.97. The van der Waals surface area contributed by atoms with Crippen LogP contribution >= 0.6 is 34.8 Å². The Hall–Kier alpha value is -2.74. The number of rotatable bonds is 6. The predicted octanol–water partition coefficient (Wildman–Crippen LogP) is 4.95. The molecule has 0 saturated heterocycles. The minimum atomic E-state index is 0.363. The molecule has 0 unspecified atom stereocenters. The molecular formula is C19H13Cl3N7. The third kappa shape index (κ3) is 4.64. The number of hydrogen-bond donors (Lipinski definition) is 2. The average molecular weight is 446 g/mol. The standard InChI is InChI=1S/C19H13Cl3N7/c20-11-1-2-12(14(21)5-11)19-13(15-8-23-9-26-15)7-25-17(29-19)3-4-24-18-6-16(22)27-10-28-18/h1-3,5-10H,4H2,(H,23,26)(H,24,27,28). The normalized spacial score (nSPS) is 10.9. The topological polar surface area (TPSA) is 92.3 Å². The summed E-state index contributed by atoms with van der Waals surface area (Å²) in [5.74, 6) is 1.14. The molecule has 1 radical (unpaired) electrons. The summed E-state index contributed by atoms with van der Waals surface area (Å²) in [4.78, 5) is 24.2. The molecule has 29 heavy (non-hydrogen) atoms. The van der Waals surface area contributed by atoms with E-state index in [9.17, 15) is 0 Å². The number of benzene rings is 1. The van der Waals surface area contributed by atoms with Crippen LogP contribution in [0.3, 0.4) is 0 Å². The van der Waals surface area contributed by atoms with Crippen molar-refractivity contribution in [3.63, 3.8) is 0 Å². The minimum absolute atomic E-state index is 0.363. The van der Waals surface area contributed by atoms with E-state index in [1.165, 1.54) is 6.33 Å². The second kappa shape index (κ2) is 8.73. The van der Waals surface area contributed by atoms with Crippen LogP contribution in [-0.2, 0) is 0 Å². The Bertz CT molecular complexity index is 1130. The zero-order valence-corrected chi connectivity index (χ0v) is 17.0. The van der Waals surface area contributed by atoms with E-state index in [-0.39, 0.29) is 0 Å². The largest absolute Gasteiger partial charge is 0.369 e. The maximum atomic E-state index is 6.43. The Morgan fingerprint density at radius 3 is 2.66 bits per heavy atom. The second-order valence-corrected chi connectivity index (χ2v) is 7.12. The van der Waals surface area contributed by atoms with Gasteiger partial charge in [0.15, 0.2) is 0 Å². The lowest BCUT2D eigenvalue weighted by Crippen LogP contribution is -2.08. The van der Waals surface area contributed by atoms with Gasteiger partial charge in [-0.15, -0.1) is 0 Å². The van der Waals surface area contributed by atoms with Crippen molar-refractivity contribution in [2.45, 2.75) is 0 Å². The fourth-order valence-electron chi connectivity index (χ4n) is 2.66. The monoisotopic (exact) mass is 444 g/mol. The molecule has 0 spiro atoms. The Kier molecular flexibility index (Phi) is 5.89. The second-order valence-electron chi connectivity index (χ2n) is 5.89. The van der Waals surface area contributed by atoms with Gasteiger partial charge in [0, 0.05) is 41.4 Å². The molecule has 0 aliphatic carbocycles. The van der Waals surface area contributed by atoms with E-state index in [2.05, 4.69) is 30.2 Å². The minimum Gasteiger partial charge on any atom is -0.369 e. The van der Waals surface area contributed by atoms with Crippen molar-refractivity contribution in [3.8, 4) is 22.5 Å². The molecule has 10 heteroatoms. The van der Waals surface area contributed by atoms with Gasteiger partial charge >= 0.3 is 0 Å². The highest BCUT2D eigenvalue weighted by atomic mass is 35.5. The van der Waals surface area contributed by atoms with Crippen LogP contribution in [0.2, 0.25) is 15.2 Å². The van der Waals surface area contributed by atoms with Gasteiger partial charge in [0.2, 0.25) is 0 Å². The summed E-state index contributed by atoms with van der Waals surface area (Å²) >= 11 is 18.3. The van der Waals surface area contributed by atoms with Gasteiger partial charge < -0.3 is 10.3 Å². The lowest BCUT2D eigenvalue weighted by Gasteiger charge is -2.11. The van der Waals surface area contributed by atoms with Gasteiger partial charge in [0.05, 0.1) is 28.9 Å². The van der Waals surface area contributed by atoms with Gasteiger partial charge in [0.1, 0.15) is 23.1 Å². The van der Waals surface area contributed by atoms with Crippen LogP contribution in [0.4, 0.5) is 5.82 Å². The summed E-state index contributed by atoms with van der Waals surface area (Å²) in [6.45, 7) is 0.449. The number of nitrogens with zero attached hydrogens (tertiary/aromatic N) is 5. The van der Waals surface area contributed by atoms with Crippen molar-refractivity contribution >= 4 is 40.6 Å². The highest BCUT2D eigenvalue weighted by Gasteiger charge is 2.15. The molecular weight excluding hydrogens is 433 g/mol. The highest BCUT2D eigenvalue weighted by molar-refractivity contribution is 6.36. The molecule has 0 aliphatic rings. The van der Waals surface area contributed by atoms with Gasteiger partial charge in [-0.25, -0.2) is 24.9 Å². The zero-order valence-electron chi connectivity index (χ0n) is 14.8. The predicted molar refractivity (Wildman–Crippen MR) is 114 cm³/mol. The molecule has 7 nitrogen and oxygen atoms in total. The molecule has 4 rings (SSSR count). The first kappa shape index (κ1) is 19.6. The molecule has 1 aromatic carbocycles. The Morgan fingerprint density at radius 1 is 1.00 bits per heavy atom. The molecule has 2 N–H and O–H groups in total. The summed E-state index contributed by atoms with van der Waals surface area (Å²) in [6.07, 6.45) is 8.25. The van der Waals surface area contributed by atoms with E-state index in [1.54, 1.807) is 36.9 Å². The number of anilines is 1. The van der Waals surface area contributed by atoms with Gasteiger partial charge in [-0.2, -0.15) is 0 Å². The third-order valence-corrected chi connectivity index (χ3v) is 4.74. The zero-order chi connectivity index (χ0) is 20.2. The quantitative estimate of drug-likeness (QED) is 0.408. The van der Waals surface area contributed by atoms with Crippen LogP contribution in [0, 0.1) is 6.42 Å². The fraction of sp³-hybridized carbons (Fsp3) is 0.0526. The van der Waals surface area contributed by atoms with Gasteiger partial charge in [-0.3, -0.25) is 0 Å². The number of nitrogens with one attached hydrogen (secondary N) is 2. The first-order chi connectivity index (χ1) is 14.1. The highest BCUT2D eigenvalue weighted by Crippen LogP contribution is 2.34. The fourth-order valence-corrected chi connectivity index (χ4v) is 3.30. The molecule has 0 atom stereocenters. The molecule has 145 valence electrons. The number of hydrogen-bond acceptors (Lipinski definition) is 6. The molecule has 0 fully saturated rings.